The predicted molar refractivity (Wildman–Crippen MR) is 78.9 cm³/mol. The molecule has 0 aliphatic heterocycles. The number of primary amides is 1. The number of aromatic nitrogens is 1. The highest BCUT2D eigenvalue weighted by Gasteiger charge is 2.25. The van der Waals surface area contributed by atoms with Gasteiger partial charge in [-0.2, -0.15) is 0 Å². The minimum atomic E-state index is -0.352. The van der Waals surface area contributed by atoms with Crippen molar-refractivity contribution >= 4 is 28.9 Å². The summed E-state index contributed by atoms with van der Waals surface area (Å²) in [6.07, 6.45) is 6.13. The first-order chi connectivity index (χ1) is 9.08. The zero-order valence-corrected chi connectivity index (χ0v) is 11.5. The standard InChI is InChI=1S/C13H18N4OS/c14-11(18)8-17(10-3-1-2-4-10)12-7-9(13(15)19)5-6-16-12/h5-7,10H,1-4,8H2,(H2,14,18)(H2,15,19). The molecule has 1 amide bonds. The van der Waals surface area contributed by atoms with E-state index in [2.05, 4.69) is 4.98 Å². The highest BCUT2D eigenvalue weighted by molar-refractivity contribution is 7.80. The number of amides is 1. The van der Waals surface area contributed by atoms with Crippen molar-refractivity contribution in [2.75, 3.05) is 11.4 Å². The van der Waals surface area contributed by atoms with Crippen molar-refractivity contribution in [1.82, 2.24) is 4.98 Å². The number of thiocarbonyl (C=S) groups is 1. The first-order valence-corrected chi connectivity index (χ1v) is 6.79. The summed E-state index contributed by atoms with van der Waals surface area (Å²) in [7, 11) is 0. The zero-order chi connectivity index (χ0) is 13.8. The summed E-state index contributed by atoms with van der Waals surface area (Å²) in [6.45, 7) is 0.179. The van der Waals surface area contributed by atoms with Crippen molar-refractivity contribution in [2.45, 2.75) is 31.7 Å². The molecule has 5 nitrogen and oxygen atoms in total. The second kappa shape index (κ2) is 5.97. The van der Waals surface area contributed by atoms with Crippen molar-refractivity contribution in [3.05, 3.63) is 23.9 Å². The molecule has 1 aromatic heterocycles. The van der Waals surface area contributed by atoms with E-state index in [1.165, 1.54) is 12.8 Å². The summed E-state index contributed by atoms with van der Waals surface area (Å²) in [5.74, 6) is 0.366. The van der Waals surface area contributed by atoms with Gasteiger partial charge in [-0.1, -0.05) is 25.1 Å². The minimum Gasteiger partial charge on any atom is -0.389 e. The van der Waals surface area contributed by atoms with Gasteiger partial charge in [-0.25, -0.2) is 4.98 Å². The Labute approximate surface area is 118 Å². The van der Waals surface area contributed by atoms with E-state index >= 15 is 0 Å². The van der Waals surface area contributed by atoms with Gasteiger partial charge in [-0.05, 0) is 25.0 Å². The number of rotatable bonds is 5. The smallest absolute Gasteiger partial charge is 0.237 e. The van der Waals surface area contributed by atoms with Crippen LogP contribution in [0.25, 0.3) is 0 Å². The Kier molecular flexibility index (Phi) is 4.31. The average Bonchev–Trinajstić information content (AvgIpc) is 2.89. The molecule has 1 saturated carbocycles. The Hall–Kier alpha value is -1.69. The number of carbonyl (C=O) groups is 1. The second-order valence-electron chi connectivity index (χ2n) is 4.80. The Morgan fingerprint density at radius 3 is 2.68 bits per heavy atom. The Morgan fingerprint density at radius 1 is 1.42 bits per heavy atom. The maximum absolute atomic E-state index is 11.3. The van der Waals surface area contributed by atoms with Crippen LogP contribution >= 0.6 is 12.2 Å². The molecule has 0 saturated heterocycles. The third-order valence-electron chi connectivity index (χ3n) is 3.42. The highest BCUT2D eigenvalue weighted by atomic mass is 32.1. The van der Waals surface area contributed by atoms with Gasteiger partial charge in [0.25, 0.3) is 0 Å². The van der Waals surface area contributed by atoms with E-state index in [9.17, 15) is 4.79 Å². The van der Waals surface area contributed by atoms with E-state index in [-0.39, 0.29) is 12.5 Å². The lowest BCUT2D eigenvalue weighted by molar-refractivity contribution is -0.116. The number of carbonyl (C=O) groups excluding carboxylic acids is 1. The fourth-order valence-corrected chi connectivity index (χ4v) is 2.64. The van der Waals surface area contributed by atoms with Crippen LogP contribution in [0, 0.1) is 0 Å². The number of hydrogen-bond donors (Lipinski definition) is 2. The molecule has 102 valence electrons. The summed E-state index contributed by atoms with van der Waals surface area (Å²) in [5, 5.41) is 0. The Morgan fingerprint density at radius 2 is 2.11 bits per heavy atom. The number of hydrogen-bond acceptors (Lipinski definition) is 4. The molecule has 0 unspecified atom stereocenters. The molecule has 2 rings (SSSR count). The number of nitrogens with two attached hydrogens (primary N) is 2. The lowest BCUT2D eigenvalue weighted by Crippen LogP contribution is -2.40. The quantitative estimate of drug-likeness (QED) is 0.783. The molecule has 4 N–H and O–H groups in total. The molecule has 0 atom stereocenters. The van der Waals surface area contributed by atoms with E-state index in [4.69, 9.17) is 23.7 Å². The third kappa shape index (κ3) is 3.41. The van der Waals surface area contributed by atoms with Gasteiger partial charge in [0, 0.05) is 17.8 Å². The van der Waals surface area contributed by atoms with Gasteiger partial charge >= 0.3 is 0 Å². The molecule has 1 aliphatic carbocycles. The molecule has 1 aliphatic rings. The fraction of sp³-hybridized carbons (Fsp3) is 0.462. The fourth-order valence-electron chi connectivity index (χ4n) is 2.51. The topological polar surface area (TPSA) is 85.2 Å². The van der Waals surface area contributed by atoms with E-state index in [0.717, 1.165) is 24.2 Å². The molecular weight excluding hydrogens is 260 g/mol. The molecule has 1 heterocycles. The Bertz CT molecular complexity index is 485. The summed E-state index contributed by atoms with van der Waals surface area (Å²) in [4.78, 5) is 17.9. The van der Waals surface area contributed by atoms with Gasteiger partial charge in [-0.15, -0.1) is 0 Å². The minimum absolute atomic E-state index is 0.179. The monoisotopic (exact) mass is 278 g/mol. The van der Waals surface area contributed by atoms with Crippen LogP contribution in [0.3, 0.4) is 0 Å². The summed E-state index contributed by atoms with van der Waals surface area (Å²) in [5.41, 5.74) is 11.7. The SMILES string of the molecule is NC(=O)CN(c1cc(C(N)=S)ccn1)C1CCCC1. The van der Waals surface area contributed by atoms with Crippen LogP contribution in [0.1, 0.15) is 31.2 Å². The molecule has 1 fully saturated rings. The highest BCUT2D eigenvalue weighted by Crippen LogP contribution is 2.27. The van der Waals surface area contributed by atoms with Gasteiger partial charge < -0.3 is 16.4 Å². The molecule has 0 aromatic carbocycles. The lowest BCUT2D eigenvalue weighted by Gasteiger charge is -2.29. The van der Waals surface area contributed by atoms with E-state index in [1.807, 2.05) is 11.0 Å². The van der Waals surface area contributed by atoms with Crippen LogP contribution in [0.5, 0.6) is 0 Å². The first-order valence-electron chi connectivity index (χ1n) is 6.38. The van der Waals surface area contributed by atoms with Crippen LogP contribution in [0.2, 0.25) is 0 Å². The maximum atomic E-state index is 11.3. The van der Waals surface area contributed by atoms with Crippen LogP contribution in [0.15, 0.2) is 18.3 Å². The molecule has 0 spiro atoms. The molecule has 6 heteroatoms. The van der Waals surface area contributed by atoms with Gasteiger partial charge in [-0.3, -0.25) is 4.79 Å². The van der Waals surface area contributed by atoms with Gasteiger partial charge in [0.15, 0.2) is 0 Å². The number of pyridine rings is 1. The van der Waals surface area contributed by atoms with Crippen molar-refractivity contribution in [1.29, 1.82) is 0 Å². The van der Waals surface area contributed by atoms with Crippen molar-refractivity contribution < 1.29 is 4.79 Å². The maximum Gasteiger partial charge on any atom is 0.237 e. The van der Waals surface area contributed by atoms with Gasteiger partial charge in [0.1, 0.15) is 10.8 Å². The third-order valence-corrected chi connectivity index (χ3v) is 3.65. The Balaban J connectivity index is 2.28. The number of anilines is 1. The van der Waals surface area contributed by atoms with Gasteiger partial charge in [0.2, 0.25) is 5.91 Å². The average molecular weight is 278 g/mol. The predicted octanol–water partition coefficient (Wildman–Crippen LogP) is 0.950. The summed E-state index contributed by atoms with van der Waals surface area (Å²) in [6, 6.07) is 3.91. The molecule has 0 bridgehead atoms. The van der Waals surface area contributed by atoms with Crippen molar-refractivity contribution in [3.8, 4) is 0 Å². The summed E-state index contributed by atoms with van der Waals surface area (Å²) < 4.78 is 0. The molecule has 1 aromatic rings. The van der Waals surface area contributed by atoms with Crippen LogP contribution in [-0.2, 0) is 4.79 Å². The molecule has 19 heavy (non-hydrogen) atoms. The number of nitrogens with zero attached hydrogens (tertiary/aromatic N) is 2. The van der Waals surface area contributed by atoms with Gasteiger partial charge in [0.05, 0.1) is 6.54 Å². The van der Waals surface area contributed by atoms with Crippen molar-refractivity contribution in [2.24, 2.45) is 11.5 Å². The van der Waals surface area contributed by atoms with Crippen molar-refractivity contribution in [3.63, 3.8) is 0 Å². The molecule has 0 radical (unpaired) electrons. The van der Waals surface area contributed by atoms with E-state index in [0.29, 0.717) is 11.0 Å². The largest absolute Gasteiger partial charge is 0.389 e. The summed E-state index contributed by atoms with van der Waals surface area (Å²) >= 11 is 4.97. The van der Waals surface area contributed by atoms with E-state index in [1.54, 1.807) is 12.3 Å². The van der Waals surface area contributed by atoms with E-state index < -0.39 is 0 Å². The lowest BCUT2D eigenvalue weighted by atomic mass is 10.2. The van der Waals surface area contributed by atoms with Crippen LogP contribution < -0.4 is 16.4 Å². The second-order valence-corrected chi connectivity index (χ2v) is 5.24. The first kappa shape index (κ1) is 13.7. The molecular formula is C13H18N4OS. The zero-order valence-electron chi connectivity index (χ0n) is 10.7. The van der Waals surface area contributed by atoms with Crippen LogP contribution in [0.4, 0.5) is 5.82 Å². The normalized spacial score (nSPS) is 15.4. The van der Waals surface area contributed by atoms with Crippen LogP contribution in [-0.4, -0.2) is 28.5 Å².